The predicted molar refractivity (Wildman–Crippen MR) is 151 cm³/mol. The van der Waals surface area contributed by atoms with Gasteiger partial charge in [-0.2, -0.15) is 0 Å². The Morgan fingerprint density at radius 2 is 1.55 bits per heavy atom. The Morgan fingerprint density at radius 1 is 0.921 bits per heavy atom. The molecule has 38 heavy (non-hydrogen) atoms. The highest BCUT2D eigenvalue weighted by Gasteiger charge is 2.29. The fourth-order valence-corrected chi connectivity index (χ4v) is 4.98. The smallest absolute Gasteiger partial charge is 0.410 e. The summed E-state index contributed by atoms with van der Waals surface area (Å²) in [4.78, 5) is 35.4. The normalized spacial score (nSPS) is 18.9. The van der Waals surface area contributed by atoms with Gasteiger partial charge in [0.1, 0.15) is 17.0 Å². The van der Waals surface area contributed by atoms with E-state index in [1.807, 2.05) is 65.8 Å². The third-order valence-electron chi connectivity index (χ3n) is 6.42. The third-order valence-corrected chi connectivity index (χ3v) is 6.70. The number of carbonyl (C=O) groups is 2. The second kappa shape index (κ2) is 11.0. The molecule has 1 atom stereocenters. The zero-order valence-electron chi connectivity index (χ0n) is 23.3. The molecule has 0 bridgehead atoms. The van der Waals surface area contributed by atoms with Crippen LogP contribution in [0, 0.1) is 0 Å². The summed E-state index contributed by atoms with van der Waals surface area (Å²) in [5.74, 6) is 0.726. The maximum Gasteiger partial charge on any atom is 0.410 e. The van der Waals surface area contributed by atoms with Crippen molar-refractivity contribution in [3.63, 3.8) is 0 Å². The van der Waals surface area contributed by atoms with Crippen LogP contribution in [0.25, 0.3) is 10.9 Å². The molecule has 9 nitrogen and oxygen atoms in total. The van der Waals surface area contributed by atoms with Crippen molar-refractivity contribution >= 4 is 46.2 Å². The van der Waals surface area contributed by atoms with E-state index >= 15 is 0 Å². The molecule has 1 aromatic heterocycles. The lowest BCUT2D eigenvalue weighted by atomic mass is 10.1. The maximum atomic E-state index is 12.5. The fourth-order valence-electron chi connectivity index (χ4n) is 4.70. The molecule has 0 saturated carbocycles. The average molecular weight is 546 g/mol. The third kappa shape index (κ3) is 7.34. The van der Waals surface area contributed by atoms with Crippen LogP contribution in [0.1, 0.15) is 54.4 Å². The fraction of sp³-hybridized carbons (Fsp3) is 0.607. The predicted octanol–water partition coefficient (Wildman–Crippen LogP) is 5.76. The lowest BCUT2D eigenvalue weighted by Gasteiger charge is -2.36. The minimum atomic E-state index is -0.514. The molecule has 4 rings (SSSR count). The number of hydrogen-bond acceptors (Lipinski definition) is 7. The van der Waals surface area contributed by atoms with Crippen molar-refractivity contribution in [1.82, 2.24) is 14.8 Å². The van der Waals surface area contributed by atoms with Gasteiger partial charge in [0.05, 0.1) is 10.5 Å². The number of benzene rings is 1. The summed E-state index contributed by atoms with van der Waals surface area (Å²) in [6, 6.07) is 8.13. The maximum absolute atomic E-state index is 12.5. The van der Waals surface area contributed by atoms with Gasteiger partial charge in [0.15, 0.2) is 0 Å². The number of anilines is 2. The van der Waals surface area contributed by atoms with Gasteiger partial charge in [0, 0.05) is 56.4 Å². The monoisotopic (exact) mass is 545 g/mol. The molecular weight excluding hydrogens is 506 g/mol. The number of rotatable bonds is 3. The summed E-state index contributed by atoms with van der Waals surface area (Å²) in [5.41, 5.74) is 0.792. The number of pyridine rings is 1. The molecule has 2 amide bonds. The Labute approximate surface area is 230 Å². The highest BCUT2D eigenvalue weighted by atomic mass is 35.5. The Kier molecular flexibility index (Phi) is 8.16. The van der Waals surface area contributed by atoms with Crippen LogP contribution in [0.2, 0.25) is 5.02 Å². The molecule has 10 heteroatoms. The van der Waals surface area contributed by atoms with Crippen molar-refractivity contribution in [3.05, 3.63) is 29.3 Å². The molecule has 2 aliphatic rings. The van der Waals surface area contributed by atoms with Gasteiger partial charge in [0.2, 0.25) is 0 Å². The molecule has 2 aliphatic heterocycles. The lowest BCUT2D eigenvalue weighted by molar-refractivity contribution is 0.0203. The zero-order valence-corrected chi connectivity index (χ0v) is 24.1. The van der Waals surface area contributed by atoms with Crippen LogP contribution in [-0.2, 0) is 9.47 Å². The summed E-state index contributed by atoms with van der Waals surface area (Å²) >= 11 is 6.69. The van der Waals surface area contributed by atoms with E-state index in [0.29, 0.717) is 44.3 Å². The number of piperazine rings is 1. The quantitative estimate of drug-likeness (QED) is 0.525. The summed E-state index contributed by atoms with van der Waals surface area (Å²) in [5, 5.41) is 5.09. The number of aromatic nitrogens is 1. The van der Waals surface area contributed by atoms with E-state index in [1.54, 1.807) is 9.80 Å². The SMILES string of the molecule is CC(C)(C)OC(=O)N1CCN(c2nc3ccc(N[C@H]4CCCN(C(=O)OC(C)(C)C)C4)cc3cc2Cl)CC1. The second-order valence-electron chi connectivity index (χ2n) is 12.1. The number of amides is 2. The number of fused-ring (bicyclic) bond motifs is 1. The Bertz CT molecular complexity index is 1170. The summed E-state index contributed by atoms with van der Waals surface area (Å²) < 4.78 is 11.0. The van der Waals surface area contributed by atoms with Gasteiger partial charge < -0.3 is 29.5 Å². The van der Waals surface area contributed by atoms with E-state index in [4.69, 9.17) is 26.1 Å². The second-order valence-corrected chi connectivity index (χ2v) is 12.5. The minimum absolute atomic E-state index is 0.137. The summed E-state index contributed by atoms with van der Waals surface area (Å²) in [6.07, 6.45) is 1.34. The van der Waals surface area contributed by atoms with E-state index in [2.05, 4.69) is 10.2 Å². The van der Waals surface area contributed by atoms with Gasteiger partial charge in [-0.1, -0.05) is 11.6 Å². The van der Waals surface area contributed by atoms with Crippen LogP contribution in [0.15, 0.2) is 24.3 Å². The topological polar surface area (TPSA) is 87.2 Å². The number of halogens is 1. The summed E-state index contributed by atoms with van der Waals surface area (Å²) in [6.45, 7) is 14.9. The molecule has 0 aliphatic carbocycles. The van der Waals surface area contributed by atoms with E-state index in [0.717, 1.165) is 35.2 Å². The largest absolute Gasteiger partial charge is 0.444 e. The first-order valence-electron chi connectivity index (χ1n) is 13.3. The van der Waals surface area contributed by atoms with Crippen LogP contribution >= 0.6 is 11.6 Å². The van der Waals surface area contributed by atoms with Crippen LogP contribution in [-0.4, -0.2) is 83.5 Å². The van der Waals surface area contributed by atoms with E-state index in [9.17, 15) is 9.59 Å². The molecule has 3 heterocycles. The van der Waals surface area contributed by atoms with Gasteiger partial charge in [-0.15, -0.1) is 0 Å². The van der Waals surface area contributed by atoms with Crippen LogP contribution < -0.4 is 10.2 Å². The standard InChI is InChI=1S/C28H40ClN5O4/c1-27(2,3)37-25(35)33-14-12-32(13-15-33)24-22(29)17-19-16-20(9-10-23(19)31-24)30-21-8-7-11-34(18-21)26(36)38-28(4,5)6/h9-10,16-17,21,30H,7-8,11-15,18H2,1-6H3/t21-/m0/s1. The van der Waals surface area contributed by atoms with Crippen molar-refractivity contribution < 1.29 is 19.1 Å². The van der Waals surface area contributed by atoms with E-state index < -0.39 is 11.2 Å². The van der Waals surface area contributed by atoms with Crippen LogP contribution in [0.4, 0.5) is 21.1 Å². The Hall–Kier alpha value is -2.94. The van der Waals surface area contributed by atoms with Crippen molar-refractivity contribution in [2.75, 3.05) is 49.5 Å². The van der Waals surface area contributed by atoms with Gasteiger partial charge in [-0.25, -0.2) is 14.6 Å². The number of nitrogens with one attached hydrogen (secondary N) is 1. The van der Waals surface area contributed by atoms with E-state index in [-0.39, 0.29) is 18.2 Å². The minimum Gasteiger partial charge on any atom is -0.444 e. The van der Waals surface area contributed by atoms with Gasteiger partial charge in [0.25, 0.3) is 0 Å². The number of nitrogens with zero attached hydrogens (tertiary/aromatic N) is 4. The molecule has 2 fully saturated rings. The Morgan fingerprint density at radius 3 is 2.18 bits per heavy atom. The molecule has 208 valence electrons. The number of piperidine rings is 1. The first-order chi connectivity index (χ1) is 17.8. The van der Waals surface area contributed by atoms with Gasteiger partial charge in [-0.3, -0.25) is 0 Å². The molecule has 1 N–H and O–H groups in total. The zero-order chi connectivity index (χ0) is 27.7. The number of hydrogen-bond donors (Lipinski definition) is 1. The molecule has 0 radical (unpaired) electrons. The average Bonchev–Trinajstić information content (AvgIpc) is 2.82. The van der Waals surface area contributed by atoms with Crippen molar-refractivity contribution in [2.45, 2.75) is 71.6 Å². The number of ether oxygens (including phenoxy) is 2. The molecule has 2 saturated heterocycles. The van der Waals surface area contributed by atoms with Crippen molar-refractivity contribution in [3.8, 4) is 0 Å². The van der Waals surface area contributed by atoms with Gasteiger partial charge in [-0.05, 0) is 78.6 Å². The number of carbonyl (C=O) groups excluding carboxylic acids is 2. The molecule has 2 aromatic rings. The molecule has 1 aromatic carbocycles. The van der Waals surface area contributed by atoms with Gasteiger partial charge >= 0.3 is 12.2 Å². The molecule has 0 unspecified atom stereocenters. The molecule has 0 spiro atoms. The first kappa shape index (κ1) is 28.1. The number of likely N-dealkylation sites (tertiary alicyclic amines) is 1. The highest BCUT2D eigenvalue weighted by Crippen LogP contribution is 2.31. The summed E-state index contributed by atoms with van der Waals surface area (Å²) in [7, 11) is 0. The molecular formula is C28H40ClN5O4. The van der Waals surface area contributed by atoms with Crippen molar-refractivity contribution in [2.24, 2.45) is 0 Å². The highest BCUT2D eigenvalue weighted by molar-refractivity contribution is 6.33. The van der Waals surface area contributed by atoms with Crippen LogP contribution in [0.5, 0.6) is 0 Å². The van der Waals surface area contributed by atoms with E-state index in [1.165, 1.54) is 0 Å². The van der Waals surface area contributed by atoms with Crippen molar-refractivity contribution in [1.29, 1.82) is 0 Å². The Balaban J connectivity index is 1.39. The lowest BCUT2D eigenvalue weighted by Crippen LogP contribution is -2.50. The van der Waals surface area contributed by atoms with Crippen LogP contribution in [0.3, 0.4) is 0 Å². The first-order valence-corrected chi connectivity index (χ1v) is 13.7.